The normalized spacial score (nSPS) is 20.6. The lowest BCUT2D eigenvalue weighted by molar-refractivity contribution is 0.0696. The number of methoxy groups -OCH3 is 1. The van der Waals surface area contributed by atoms with Gasteiger partial charge in [-0.1, -0.05) is 42.5 Å². The molecule has 6 aromatic rings. The lowest BCUT2D eigenvalue weighted by atomic mass is 10.0. The number of fused-ring (bicyclic) bond motifs is 4. The predicted molar refractivity (Wildman–Crippen MR) is 184 cm³/mol. The fraction of sp³-hybridized carbons (Fsp3) is 0.361. The topological polar surface area (TPSA) is 117 Å². The van der Waals surface area contributed by atoms with E-state index >= 15 is 0 Å². The van der Waals surface area contributed by atoms with E-state index in [1.54, 1.807) is 7.11 Å². The maximum Gasteiger partial charge on any atom is 0.254 e. The summed E-state index contributed by atoms with van der Waals surface area (Å²) in [4.78, 5) is 26.3. The number of ether oxygens (including phenoxy) is 1. The van der Waals surface area contributed by atoms with Gasteiger partial charge in [0, 0.05) is 48.3 Å². The molecule has 2 aromatic carbocycles. The Bertz CT molecular complexity index is 2190. The van der Waals surface area contributed by atoms with Crippen LogP contribution in [0.2, 0.25) is 0 Å². The Morgan fingerprint density at radius 1 is 1.00 bits per heavy atom. The maximum absolute atomic E-state index is 13.8. The molecule has 1 aliphatic heterocycles. The number of nitrogens with two attached hydrogens (primary N) is 1. The summed E-state index contributed by atoms with van der Waals surface area (Å²) >= 11 is 1.38. The van der Waals surface area contributed by atoms with Gasteiger partial charge in [-0.05, 0) is 73.8 Å². The summed E-state index contributed by atoms with van der Waals surface area (Å²) in [5.74, 6) is 3.37. The molecule has 0 radical (unpaired) electrons. The van der Waals surface area contributed by atoms with E-state index in [1.807, 2.05) is 31.3 Å². The lowest BCUT2D eigenvalue weighted by Gasteiger charge is -2.27. The molecule has 1 saturated heterocycles. The van der Waals surface area contributed by atoms with Gasteiger partial charge in [-0.2, -0.15) is 0 Å². The van der Waals surface area contributed by atoms with Gasteiger partial charge in [0.05, 0.1) is 24.0 Å². The Morgan fingerprint density at radius 2 is 1.81 bits per heavy atom. The molecule has 3 aliphatic rings. The number of carbonyl (C=O) groups excluding carboxylic acids is 1. The molecule has 2 aliphatic carbocycles. The van der Waals surface area contributed by atoms with Crippen LogP contribution in [-0.2, 0) is 13.6 Å². The van der Waals surface area contributed by atoms with Gasteiger partial charge in [0.25, 0.3) is 5.91 Å². The van der Waals surface area contributed by atoms with Crippen LogP contribution < -0.4 is 10.5 Å². The zero-order valence-electron chi connectivity index (χ0n) is 26.7. The van der Waals surface area contributed by atoms with Crippen molar-refractivity contribution in [1.29, 1.82) is 0 Å². The fourth-order valence-corrected chi connectivity index (χ4v) is 8.49. The average Bonchev–Trinajstić information content (AvgIpc) is 3.34. The molecule has 47 heavy (non-hydrogen) atoms. The van der Waals surface area contributed by atoms with Crippen molar-refractivity contribution in [1.82, 2.24) is 34.2 Å². The minimum absolute atomic E-state index is 0.0801. The number of hydrogen-bond acceptors (Lipinski definition) is 8. The Kier molecular flexibility index (Phi) is 6.44. The van der Waals surface area contributed by atoms with Crippen LogP contribution in [0.15, 0.2) is 54.6 Å². The van der Waals surface area contributed by atoms with Gasteiger partial charge in [-0.15, -0.1) is 10.2 Å². The number of aryl methyl sites for hydroxylation is 1. The van der Waals surface area contributed by atoms with Crippen molar-refractivity contribution in [3.05, 3.63) is 60.2 Å². The minimum atomic E-state index is 0.0801. The van der Waals surface area contributed by atoms with Crippen LogP contribution in [0.4, 0.5) is 5.13 Å². The highest BCUT2D eigenvalue weighted by molar-refractivity contribution is 7.18. The quantitative estimate of drug-likeness (QED) is 0.207. The van der Waals surface area contributed by atoms with E-state index in [4.69, 9.17) is 20.4 Å². The van der Waals surface area contributed by atoms with E-state index in [0.29, 0.717) is 40.2 Å². The number of nitrogens with zero attached hydrogens (tertiary/aromatic N) is 7. The molecule has 238 valence electrons. The van der Waals surface area contributed by atoms with Crippen LogP contribution in [-0.4, -0.2) is 59.8 Å². The van der Waals surface area contributed by atoms with Gasteiger partial charge in [0.15, 0.2) is 5.82 Å². The Hall–Kier alpha value is -4.77. The molecule has 9 rings (SSSR count). The number of piperidine rings is 1. The molecular formula is C36H36N8O2S. The number of likely N-dealkylation sites (tertiary alicyclic amines) is 1. The maximum atomic E-state index is 13.8. The zero-order chi connectivity index (χ0) is 32.0. The smallest absolute Gasteiger partial charge is 0.254 e. The largest absolute Gasteiger partial charge is 0.494 e. The highest BCUT2D eigenvalue weighted by Crippen LogP contribution is 2.44. The molecule has 1 amide bonds. The average molecular weight is 645 g/mol. The van der Waals surface area contributed by atoms with Crippen molar-refractivity contribution < 1.29 is 9.53 Å². The summed E-state index contributed by atoms with van der Waals surface area (Å²) in [7, 11) is 3.70. The number of carbonyl (C=O) groups is 1. The summed E-state index contributed by atoms with van der Waals surface area (Å²) in [5.41, 5.74) is 12.9. The van der Waals surface area contributed by atoms with Crippen molar-refractivity contribution in [2.75, 3.05) is 19.4 Å². The van der Waals surface area contributed by atoms with Crippen LogP contribution in [0.1, 0.15) is 43.0 Å². The van der Waals surface area contributed by atoms with Crippen molar-refractivity contribution in [3.8, 4) is 39.1 Å². The van der Waals surface area contributed by atoms with E-state index in [9.17, 15) is 4.79 Å². The molecule has 10 nitrogen and oxygen atoms in total. The van der Waals surface area contributed by atoms with Crippen LogP contribution in [0.3, 0.4) is 0 Å². The Balaban J connectivity index is 1.11. The second kappa shape index (κ2) is 10.6. The number of hydrogen-bond donors (Lipinski definition) is 1. The van der Waals surface area contributed by atoms with Gasteiger partial charge >= 0.3 is 0 Å². The molecule has 2 saturated carbocycles. The van der Waals surface area contributed by atoms with Gasteiger partial charge in [0.2, 0.25) is 5.13 Å². The van der Waals surface area contributed by atoms with Crippen LogP contribution >= 0.6 is 11.3 Å². The van der Waals surface area contributed by atoms with E-state index in [1.165, 1.54) is 30.6 Å². The first-order valence-corrected chi connectivity index (χ1v) is 17.2. The molecule has 4 aromatic heterocycles. The third-order valence-electron chi connectivity index (χ3n) is 10.7. The molecule has 3 fully saturated rings. The highest BCUT2D eigenvalue weighted by Gasteiger charge is 2.46. The van der Waals surface area contributed by atoms with Crippen molar-refractivity contribution in [2.24, 2.45) is 24.8 Å². The molecule has 2 N–H and O–H groups in total. The first-order chi connectivity index (χ1) is 22.9. The summed E-state index contributed by atoms with van der Waals surface area (Å²) in [5, 5.41) is 10.4. The molecule has 5 heterocycles. The number of pyridine rings is 1. The number of rotatable bonds is 7. The van der Waals surface area contributed by atoms with E-state index in [2.05, 4.69) is 61.5 Å². The van der Waals surface area contributed by atoms with Gasteiger partial charge in [-0.25, -0.2) is 9.97 Å². The van der Waals surface area contributed by atoms with Crippen LogP contribution in [0.25, 0.3) is 55.4 Å². The summed E-state index contributed by atoms with van der Waals surface area (Å²) in [6.07, 6.45) is 4.75. The van der Waals surface area contributed by atoms with Crippen molar-refractivity contribution in [3.63, 3.8) is 0 Å². The van der Waals surface area contributed by atoms with E-state index < -0.39 is 0 Å². The molecule has 11 heteroatoms. The fourth-order valence-electron chi connectivity index (χ4n) is 7.88. The number of amides is 1. The number of aromatic nitrogens is 6. The molecule has 2 bridgehead atoms. The van der Waals surface area contributed by atoms with Gasteiger partial charge in [0.1, 0.15) is 21.9 Å². The third-order valence-corrected chi connectivity index (χ3v) is 11.5. The number of benzene rings is 2. The summed E-state index contributed by atoms with van der Waals surface area (Å²) in [6, 6.07) is 18.8. The lowest BCUT2D eigenvalue weighted by Crippen LogP contribution is -2.38. The molecular weight excluding hydrogens is 609 g/mol. The van der Waals surface area contributed by atoms with Crippen molar-refractivity contribution >= 4 is 44.4 Å². The van der Waals surface area contributed by atoms with E-state index in [-0.39, 0.29) is 5.91 Å². The summed E-state index contributed by atoms with van der Waals surface area (Å²) < 4.78 is 10.3. The first-order valence-electron chi connectivity index (χ1n) is 16.4. The second-order valence-corrected chi connectivity index (χ2v) is 14.5. The number of nitrogen functional groups attached to an aromatic ring is 1. The van der Waals surface area contributed by atoms with Gasteiger partial charge in [-0.3, -0.25) is 4.79 Å². The number of imidazole rings is 1. The number of anilines is 1. The first kappa shape index (κ1) is 28.5. The van der Waals surface area contributed by atoms with Crippen molar-refractivity contribution in [2.45, 2.75) is 45.2 Å². The minimum Gasteiger partial charge on any atom is -0.494 e. The summed E-state index contributed by atoms with van der Waals surface area (Å²) in [6.45, 7) is 4.02. The molecule has 0 spiro atoms. The predicted octanol–water partition coefficient (Wildman–Crippen LogP) is 6.65. The standard InChI is InChI=1S/C36H36N8O2S/c1-19-24-11-13-28(19)44(18-24)35(45)25-14-27-31(30(16-25)46-3)42(2)33(39-27)29-15-23-10-12-26(38-32(23)43(29)17-20-4-5-20)21-6-8-22(9-7-21)34-40-41-36(37)47-34/h6-10,12,14-16,19-20,24,28H,4-5,11,13,17-18H2,1-3H3,(H2,37,41)/t19-,24?,28?/m1/s1. The van der Waals surface area contributed by atoms with Crippen LogP contribution in [0.5, 0.6) is 5.75 Å². The SMILES string of the molecule is COc1cc(C(=O)N2CC3CCC2[C@@H]3C)cc2nc(-c3cc4ccc(-c5ccc(-c6nnc(N)s6)cc5)nc4n3CC3CC3)n(C)c12. The Labute approximate surface area is 276 Å². The highest BCUT2D eigenvalue weighted by atomic mass is 32.1. The van der Waals surface area contributed by atoms with E-state index in [0.717, 1.165) is 74.9 Å². The Morgan fingerprint density at radius 3 is 2.49 bits per heavy atom. The second-order valence-electron chi connectivity index (χ2n) is 13.5. The monoisotopic (exact) mass is 644 g/mol. The van der Waals surface area contributed by atoms with Gasteiger partial charge < -0.3 is 24.5 Å². The molecule has 2 unspecified atom stereocenters. The molecule has 3 atom stereocenters. The third kappa shape index (κ3) is 4.62. The van der Waals surface area contributed by atoms with Crippen LogP contribution in [0, 0.1) is 17.8 Å². The zero-order valence-corrected chi connectivity index (χ0v) is 27.5.